The van der Waals surface area contributed by atoms with Crippen molar-refractivity contribution in [2.24, 2.45) is 0 Å². The van der Waals surface area contributed by atoms with Gasteiger partial charge in [-0.15, -0.1) is 0 Å². The highest BCUT2D eigenvalue weighted by Gasteiger charge is 2.17. The number of nitriles is 2. The van der Waals surface area contributed by atoms with Gasteiger partial charge in [0.05, 0.1) is 22.3 Å². The lowest BCUT2D eigenvalue weighted by atomic mass is 10.0. The standard InChI is InChI=1S/C28H15N7/c29-12-18-14-33-28(34-15-18)19-9-10-26(23(11-19)20-16-31-27(13-30)32-17-20)35-24-7-3-1-5-21(24)22-6-2-4-8-25(22)35/h1-11,14-17H. The van der Waals surface area contributed by atoms with E-state index >= 15 is 0 Å². The molecule has 35 heavy (non-hydrogen) atoms. The number of para-hydroxylation sites is 2. The zero-order valence-corrected chi connectivity index (χ0v) is 18.3. The summed E-state index contributed by atoms with van der Waals surface area (Å²) >= 11 is 0. The van der Waals surface area contributed by atoms with E-state index in [2.05, 4.69) is 48.8 Å². The van der Waals surface area contributed by atoms with Crippen LogP contribution in [0.15, 0.2) is 91.5 Å². The number of rotatable bonds is 3. The van der Waals surface area contributed by atoms with Gasteiger partial charge in [-0.2, -0.15) is 10.5 Å². The Morgan fingerprint density at radius 2 is 1.26 bits per heavy atom. The van der Waals surface area contributed by atoms with E-state index in [1.807, 2.05) is 54.6 Å². The van der Waals surface area contributed by atoms with Crippen molar-refractivity contribution in [3.63, 3.8) is 0 Å². The normalized spacial score (nSPS) is 10.8. The molecule has 162 valence electrons. The van der Waals surface area contributed by atoms with Crippen LogP contribution in [0.25, 0.3) is 50.0 Å². The lowest BCUT2D eigenvalue weighted by Crippen LogP contribution is -2.00. The van der Waals surface area contributed by atoms with E-state index in [9.17, 15) is 0 Å². The first-order valence-corrected chi connectivity index (χ1v) is 10.8. The SMILES string of the molecule is N#Cc1cnc(-c2ccc(-n3c4ccccc4c4ccccc43)c(-c3cnc(C#N)nc3)c2)nc1. The minimum Gasteiger partial charge on any atom is -0.309 e. The third kappa shape index (κ3) is 3.36. The molecule has 0 radical (unpaired) electrons. The van der Waals surface area contributed by atoms with Crippen molar-refractivity contribution >= 4 is 21.8 Å². The zero-order chi connectivity index (χ0) is 23.8. The number of fused-ring (bicyclic) bond motifs is 3. The van der Waals surface area contributed by atoms with Gasteiger partial charge in [-0.25, -0.2) is 19.9 Å². The fraction of sp³-hybridized carbons (Fsp3) is 0. The first-order chi connectivity index (χ1) is 17.3. The Balaban J connectivity index is 1.65. The van der Waals surface area contributed by atoms with Crippen molar-refractivity contribution < 1.29 is 0 Å². The van der Waals surface area contributed by atoms with Crippen LogP contribution in [0.2, 0.25) is 0 Å². The Kier molecular flexibility index (Phi) is 4.73. The fourth-order valence-electron chi connectivity index (χ4n) is 4.34. The second kappa shape index (κ2) is 8.18. The third-order valence-electron chi connectivity index (χ3n) is 5.92. The van der Waals surface area contributed by atoms with Crippen molar-refractivity contribution in [2.45, 2.75) is 0 Å². The first kappa shape index (κ1) is 20.2. The average Bonchev–Trinajstić information content (AvgIpc) is 3.27. The summed E-state index contributed by atoms with van der Waals surface area (Å²) in [6.07, 6.45) is 6.32. The molecule has 6 aromatic rings. The zero-order valence-electron chi connectivity index (χ0n) is 18.3. The van der Waals surface area contributed by atoms with Crippen LogP contribution in [0.1, 0.15) is 11.4 Å². The molecule has 0 aliphatic carbocycles. The van der Waals surface area contributed by atoms with E-state index < -0.39 is 0 Å². The number of nitrogens with zero attached hydrogens (tertiary/aromatic N) is 7. The van der Waals surface area contributed by atoms with Crippen LogP contribution < -0.4 is 0 Å². The Bertz CT molecular complexity index is 1750. The summed E-state index contributed by atoms with van der Waals surface area (Å²) < 4.78 is 2.22. The van der Waals surface area contributed by atoms with Gasteiger partial charge in [0.1, 0.15) is 12.1 Å². The summed E-state index contributed by atoms with van der Waals surface area (Å²) in [5, 5.41) is 20.6. The highest BCUT2D eigenvalue weighted by atomic mass is 15.0. The lowest BCUT2D eigenvalue weighted by molar-refractivity contribution is 1.11. The van der Waals surface area contributed by atoms with Crippen LogP contribution >= 0.6 is 0 Å². The summed E-state index contributed by atoms with van der Waals surface area (Å²) in [6.45, 7) is 0. The lowest BCUT2D eigenvalue weighted by Gasteiger charge is -2.15. The molecule has 0 unspecified atom stereocenters. The number of aromatic nitrogens is 5. The summed E-state index contributed by atoms with van der Waals surface area (Å²) in [5.41, 5.74) is 5.91. The topological polar surface area (TPSA) is 104 Å². The molecule has 0 fully saturated rings. The molecule has 0 aliphatic rings. The maximum absolute atomic E-state index is 9.16. The summed E-state index contributed by atoms with van der Waals surface area (Å²) in [7, 11) is 0. The molecule has 0 atom stereocenters. The molecular formula is C28H15N7. The first-order valence-electron chi connectivity index (χ1n) is 10.8. The monoisotopic (exact) mass is 449 g/mol. The van der Waals surface area contributed by atoms with Crippen molar-refractivity contribution in [3.05, 3.63) is 103 Å². The molecule has 0 N–H and O–H groups in total. The second-order valence-electron chi connectivity index (χ2n) is 7.92. The van der Waals surface area contributed by atoms with Gasteiger partial charge in [0, 0.05) is 52.3 Å². The van der Waals surface area contributed by atoms with Crippen LogP contribution in [-0.4, -0.2) is 24.5 Å². The summed E-state index contributed by atoms with van der Waals surface area (Å²) in [5.74, 6) is 0.618. The smallest absolute Gasteiger partial charge is 0.232 e. The molecule has 3 aromatic heterocycles. The second-order valence-corrected chi connectivity index (χ2v) is 7.92. The fourth-order valence-corrected chi connectivity index (χ4v) is 4.34. The molecule has 3 aromatic carbocycles. The average molecular weight is 449 g/mol. The van der Waals surface area contributed by atoms with Gasteiger partial charge < -0.3 is 4.57 Å². The van der Waals surface area contributed by atoms with Crippen molar-refractivity contribution in [1.29, 1.82) is 10.5 Å². The summed E-state index contributed by atoms with van der Waals surface area (Å²) in [6, 6.07) is 26.6. The minimum atomic E-state index is 0.110. The molecule has 7 nitrogen and oxygen atoms in total. The Morgan fingerprint density at radius 1 is 0.629 bits per heavy atom. The third-order valence-corrected chi connectivity index (χ3v) is 5.92. The molecule has 0 bridgehead atoms. The van der Waals surface area contributed by atoms with E-state index in [0.717, 1.165) is 44.2 Å². The van der Waals surface area contributed by atoms with E-state index in [1.54, 1.807) is 12.4 Å². The van der Waals surface area contributed by atoms with Gasteiger partial charge in [0.25, 0.3) is 0 Å². The van der Waals surface area contributed by atoms with E-state index in [4.69, 9.17) is 10.5 Å². The predicted molar refractivity (Wildman–Crippen MR) is 132 cm³/mol. The van der Waals surface area contributed by atoms with Crippen LogP contribution in [-0.2, 0) is 0 Å². The molecule has 6 rings (SSSR count). The van der Waals surface area contributed by atoms with Gasteiger partial charge >= 0.3 is 0 Å². The van der Waals surface area contributed by atoms with Gasteiger partial charge in [-0.05, 0) is 30.3 Å². The Hall–Kier alpha value is -5.40. The Labute approximate surface area is 200 Å². The maximum atomic E-state index is 9.16. The maximum Gasteiger partial charge on any atom is 0.232 e. The van der Waals surface area contributed by atoms with E-state index in [1.165, 1.54) is 12.4 Å². The molecule has 0 spiro atoms. The minimum absolute atomic E-state index is 0.110. The Morgan fingerprint density at radius 3 is 1.86 bits per heavy atom. The highest BCUT2D eigenvalue weighted by molar-refractivity contribution is 6.09. The molecule has 0 amide bonds. The molecule has 0 saturated carbocycles. The quantitative estimate of drug-likeness (QED) is 0.356. The molecule has 0 aliphatic heterocycles. The molecule has 7 heteroatoms. The van der Waals surface area contributed by atoms with Gasteiger partial charge in [0.15, 0.2) is 5.82 Å². The van der Waals surface area contributed by atoms with Crippen LogP contribution in [0, 0.1) is 22.7 Å². The van der Waals surface area contributed by atoms with E-state index in [-0.39, 0.29) is 5.82 Å². The number of hydrogen-bond acceptors (Lipinski definition) is 6. The van der Waals surface area contributed by atoms with Crippen molar-refractivity contribution in [1.82, 2.24) is 24.5 Å². The predicted octanol–water partition coefficient (Wildman–Crippen LogP) is 5.44. The largest absolute Gasteiger partial charge is 0.309 e. The molecular weight excluding hydrogens is 434 g/mol. The van der Waals surface area contributed by atoms with Crippen LogP contribution in [0.5, 0.6) is 0 Å². The molecule has 3 heterocycles. The highest BCUT2D eigenvalue weighted by Crippen LogP contribution is 2.37. The van der Waals surface area contributed by atoms with Gasteiger partial charge in [-0.1, -0.05) is 36.4 Å². The van der Waals surface area contributed by atoms with Crippen LogP contribution in [0.4, 0.5) is 0 Å². The van der Waals surface area contributed by atoms with E-state index in [0.29, 0.717) is 11.4 Å². The summed E-state index contributed by atoms with van der Waals surface area (Å²) in [4.78, 5) is 17.1. The van der Waals surface area contributed by atoms with Crippen molar-refractivity contribution in [3.8, 4) is 40.3 Å². The molecule has 0 saturated heterocycles. The number of hydrogen-bond donors (Lipinski definition) is 0. The van der Waals surface area contributed by atoms with Gasteiger partial charge in [-0.3, -0.25) is 0 Å². The van der Waals surface area contributed by atoms with Crippen LogP contribution in [0.3, 0.4) is 0 Å². The van der Waals surface area contributed by atoms with Gasteiger partial charge in [0.2, 0.25) is 5.82 Å². The van der Waals surface area contributed by atoms with Crippen molar-refractivity contribution in [2.75, 3.05) is 0 Å². The number of benzene rings is 3.